The fourth-order valence-corrected chi connectivity index (χ4v) is 6.69. The highest BCUT2D eigenvalue weighted by molar-refractivity contribution is 6.31. The second-order valence-corrected chi connectivity index (χ2v) is 9.04. The van der Waals surface area contributed by atoms with Gasteiger partial charge in [-0.25, -0.2) is 0 Å². The number of rotatable bonds is 4. The van der Waals surface area contributed by atoms with Gasteiger partial charge in [-0.15, -0.1) is 11.6 Å². The van der Waals surface area contributed by atoms with Crippen molar-refractivity contribution >= 4 is 23.2 Å². The topological polar surface area (TPSA) is 0 Å². The molecule has 0 aliphatic heterocycles. The van der Waals surface area contributed by atoms with Crippen LogP contribution in [0.3, 0.4) is 0 Å². The molecule has 0 radical (unpaired) electrons. The van der Waals surface area contributed by atoms with E-state index in [1.54, 1.807) is 0 Å². The first-order chi connectivity index (χ1) is 10.1. The molecule has 1 aromatic carbocycles. The van der Waals surface area contributed by atoms with Crippen LogP contribution in [0.15, 0.2) is 24.3 Å². The molecule has 4 fully saturated rings. The molecule has 114 valence electrons. The Kier molecular flexibility index (Phi) is 3.74. The van der Waals surface area contributed by atoms with Crippen molar-refractivity contribution in [2.75, 3.05) is 0 Å². The quantitative estimate of drug-likeness (QED) is 0.588. The zero-order valence-electron chi connectivity index (χ0n) is 12.5. The van der Waals surface area contributed by atoms with Crippen LogP contribution >= 0.6 is 23.2 Å². The van der Waals surface area contributed by atoms with Crippen LogP contribution in [-0.2, 0) is 6.42 Å². The SMILES string of the molecule is Clc1ccccc1CC(Cl)CC12CC3CC(CC(C3)C1)C2. The van der Waals surface area contributed by atoms with Crippen LogP contribution in [-0.4, -0.2) is 5.38 Å². The molecule has 1 aromatic rings. The van der Waals surface area contributed by atoms with Gasteiger partial charge in [0.1, 0.15) is 0 Å². The Hall–Kier alpha value is -0.200. The second-order valence-electron chi connectivity index (χ2n) is 8.01. The summed E-state index contributed by atoms with van der Waals surface area (Å²) in [5, 5.41) is 1.11. The van der Waals surface area contributed by atoms with Crippen LogP contribution in [0.5, 0.6) is 0 Å². The lowest BCUT2D eigenvalue weighted by Crippen LogP contribution is -2.47. The zero-order valence-corrected chi connectivity index (χ0v) is 14.0. The predicted octanol–water partition coefficient (Wildman–Crippen LogP) is 6.10. The van der Waals surface area contributed by atoms with Gasteiger partial charge in [0.05, 0.1) is 0 Å². The number of hydrogen-bond donors (Lipinski definition) is 0. The summed E-state index contributed by atoms with van der Waals surface area (Å²) in [6, 6.07) is 8.16. The van der Waals surface area contributed by atoms with Gasteiger partial charge in [0.25, 0.3) is 0 Å². The van der Waals surface area contributed by atoms with Gasteiger partial charge in [-0.2, -0.15) is 0 Å². The van der Waals surface area contributed by atoms with Gasteiger partial charge in [0.15, 0.2) is 0 Å². The number of hydrogen-bond acceptors (Lipinski definition) is 0. The van der Waals surface area contributed by atoms with Crippen molar-refractivity contribution in [3.8, 4) is 0 Å². The Morgan fingerprint density at radius 1 is 1.00 bits per heavy atom. The Morgan fingerprint density at radius 3 is 2.14 bits per heavy atom. The summed E-state index contributed by atoms with van der Waals surface area (Å²) >= 11 is 13.1. The maximum atomic E-state index is 6.76. The zero-order chi connectivity index (χ0) is 14.4. The lowest BCUT2D eigenvalue weighted by molar-refractivity contribution is -0.0574. The van der Waals surface area contributed by atoms with E-state index in [0.717, 1.165) is 29.2 Å². The molecule has 2 heteroatoms. The summed E-state index contributed by atoms with van der Waals surface area (Å²) in [6.45, 7) is 0. The monoisotopic (exact) mass is 322 g/mol. The molecule has 0 amide bonds. The molecule has 0 spiro atoms. The van der Waals surface area contributed by atoms with Gasteiger partial charge >= 0.3 is 0 Å². The second kappa shape index (κ2) is 5.46. The van der Waals surface area contributed by atoms with E-state index in [9.17, 15) is 0 Å². The standard InChI is InChI=1S/C19H24Cl2/c20-17(8-16-3-1-2-4-18(16)21)12-19-9-13-5-14(10-19)7-15(6-13)11-19/h1-4,13-15,17H,5-12H2. The fraction of sp³-hybridized carbons (Fsp3) is 0.684. The molecule has 4 aliphatic rings. The molecule has 0 saturated heterocycles. The van der Waals surface area contributed by atoms with E-state index in [-0.39, 0.29) is 5.38 Å². The van der Waals surface area contributed by atoms with Crippen LogP contribution in [0.4, 0.5) is 0 Å². The van der Waals surface area contributed by atoms with E-state index in [4.69, 9.17) is 23.2 Å². The molecular formula is C19H24Cl2. The van der Waals surface area contributed by atoms with Crippen molar-refractivity contribution in [2.45, 2.75) is 56.7 Å². The van der Waals surface area contributed by atoms with Crippen molar-refractivity contribution in [1.82, 2.24) is 0 Å². The van der Waals surface area contributed by atoms with Crippen LogP contribution in [0, 0.1) is 23.2 Å². The molecule has 4 saturated carbocycles. The third-order valence-electron chi connectivity index (χ3n) is 6.22. The summed E-state index contributed by atoms with van der Waals surface area (Å²) in [5.74, 6) is 3.04. The van der Waals surface area contributed by atoms with Crippen molar-refractivity contribution in [3.05, 3.63) is 34.9 Å². The first-order valence-electron chi connectivity index (χ1n) is 8.49. The third-order valence-corrected chi connectivity index (χ3v) is 6.90. The number of halogens is 2. The van der Waals surface area contributed by atoms with Crippen molar-refractivity contribution in [2.24, 2.45) is 23.2 Å². The minimum Gasteiger partial charge on any atom is -0.123 e. The molecule has 0 N–H and O–H groups in total. The lowest BCUT2D eigenvalue weighted by atomic mass is 9.48. The highest BCUT2D eigenvalue weighted by Gasteiger charge is 2.51. The van der Waals surface area contributed by atoms with Crippen molar-refractivity contribution in [3.63, 3.8) is 0 Å². The van der Waals surface area contributed by atoms with E-state index in [1.807, 2.05) is 12.1 Å². The number of alkyl halides is 1. The molecule has 0 heterocycles. The summed E-state index contributed by atoms with van der Waals surface area (Å²) in [4.78, 5) is 0. The van der Waals surface area contributed by atoms with Gasteiger partial charge < -0.3 is 0 Å². The van der Waals surface area contributed by atoms with Gasteiger partial charge in [-0.3, -0.25) is 0 Å². The van der Waals surface area contributed by atoms with E-state index in [1.165, 1.54) is 50.5 Å². The molecule has 0 aromatic heterocycles. The fourth-order valence-electron chi connectivity index (χ4n) is 5.98. The Bertz CT molecular complexity index is 487. The molecule has 0 nitrogen and oxygen atoms in total. The van der Waals surface area contributed by atoms with E-state index < -0.39 is 0 Å². The van der Waals surface area contributed by atoms with Crippen LogP contribution in [0.1, 0.15) is 50.5 Å². The van der Waals surface area contributed by atoms with Gasteiger partial charge in [-0.05, 0) is 86.2 Å². The molecule has 1 atom stereocenters. The minimum atomic E-state index is 0.237. The van der Waals surface area contributed by atoms with Crippen LogP contribution in [0.2, 0.25) is 5.02 Å². The smallest absolute Gasteiger partial charge is 0.0438 e. The van der Waals surface area contributed by atoms with Crippen molar-refractivity contribution in [1.29, 1.82) is 0 Å². The molecule has 4 aliphatic carbocycles. The van der Waals surface area contributed by atoms with Gasteiger partial charge in [0.2, 0.25) is 0 Å². The van der Waals surface area contributed by atoms with E-state index in [0.29, 0.717) is 5.41 Å². The molecule has 21 heavy (non-hydrogen) atoms. The van der Waals surface area contributed by atoms with Gasteiger partial charge in [-0.1, -0.05) is 29.8 Å². The Labute approximate surface area is 138 Å². The Morgan fingerprint density at radius 2 is 1.57 bits per heavy atom. The largest absolute Gasteiger partial charge is 0.123 e. The minimum absolute atomic E-state index is 0.237. The summed E-state index contributed by atoms with van der Waals surface area (Å²) in [7, 11) is 0. The Balaban J connectivity index is 1.45. The molecular weight excluding hydrogens is 299 g/mol. The molecule has 4 bridgehead atoms. The first kappa shape index (κ1) is 14.4. The maximum absolute atomic E-state index is 6.76. The van der Waals surface area contributed by atoms with Crippen LogP contribution in [0.25, 0.3) is 0 Å². The van der Waals surface area contributed by atoms with Gasteiger partial charge in [0, 0.05) is 10.4 Å². The maximum Gasteiger partial charge on any atom is 0.0438 e. The normalized spacial score (nSPS) is 38.7. The number of benzene rings is 1. The van der Waals surface area contributed by atoms with Crippen molar-refractivity contribution < 1.29 is 0 Å². The van der Waals surface area contributed by atoms with E-state index >= 15 is 0 Å². The summed E-state index contributed by atoms with van der Waals surface area (Å²) in [5.41, 5.74) is 1.78. The highest BCUT2D eigenvalue weighted by atomic mass is 35.5. The van der Waals surface area contributed by atoms with Crippen LogP contribution < -0.4 is 0 Å². The predicted molar refractivity (Wildman–Crippen MR) is 90.0 cm³/mol. The summed E-state index contributed by atoms with van der Waals surface area (Å²) in [6.07, 6.45) is 11.0. The highest BCUT2D eigenvalue weighted by Crippen LogP contribution is 2.61. The average Bonchev–Trinajstić information content (AvgIpc) is 2.39. The summed E-state index contributed by atoms with van der Waals surface area (Å²) < 4.78 is 0. The third kappa shape index (κ3) is 2.86. The molecule has 1 unspecified atom stereocenters. The van der Waals surface area contributed by atoms with E-state index in [2.05, 4.69) is 12.1 Å². The average molecular weight is 323 g/mol. The molecule has 5 rings (SSSR count). The lowest BCUT2D eigenvalue weighted by Gasteiger charge is -2.57. The first-order valence-corrected chi connectivity index (χ1v) is 9.31.